The molecule has 1 aliphatic rings. The summed E-state index contributed by atoms with van der Waals surface area (Å²) in [6, 6.07) is 10.2. The van der Waals surface area contributed by atoms with Crippen LogP contribution in [0, 0.1) is 35.2 Å². The van der Waals surface area contributed by atoms with Crippen molar-refractivity contribution in [3.05, 3.63) is 76.6 Å². The first kappa shape index (κ1) is 25.9. The van der Waals surface area contributed by atoms with E-state index < -0.39 is 29.6 Å². The van der Waals surface area contributed by atoms with Gasteiger partial charge in [0.1, 0.15) is 5.82 Å². The van der Waals surface area contributed by atoms with Gasteiger partial charge in [-0.05, 0) is 66.7 Å². The van der Waals surface area contributed by atoms with Gasteiger partial charge in [-0.1, -0.05) is 62.3 Å². The molecule has 0 heterocycles. The summed E-state index contributed by atoms with van der Waals surface area (Å²) >= 11 is 0. The molecule has 1 saturated carbocycles. The SMILES string of the molecule is CCCCC1CCC(c2ccc3c(F)c(C#Cc4cc(F)c(OC(F)(F)F)c(F)c4)ccc3c2)CC1. The minimum atomic E-state index is -5.24. The van der Waals surface area contributed by atoms with E-state index in [2.05, 4.69) is 23.5 Å². The summed E-state index contributed by atoms with van der Waals surface area (Å²) in [6.07, 6.45) is 3.25. The number of hydrogen-bond acceptors (Lipinski definition) is 1. The van der Waals surface area contributed by atoms with Crippen molar-refractivity contribution < 1.29 is 31.1 Å². The van der Waals surface area contributed by atoms with Crippen molar-refractivity contribution in [3.8, 4) is 17.6 Å². The van der Waals surface area contributed by atoms with E-state index in [4.69, 9.17) is 0 Å². The van der Waals surface area contributed by atoms with Crippen LogP contribution in [0.4, 0.5) is 26.3 Å². The van der Waals surface area contributed by atoms with Gasteiger partial charge in [-0.25, -0.2) is 13.2 Å². The lowest BCUT2D eigenvalue weighted by Crippen LogP contribution is -2.19. The lowest BCUT2D eigenvalue weighted by Gasteiger charge is -2.29. The third-order valence-corrected chi connectivity index (χ3v) is 6.82. The third-order valence-electron chi connectivity index (χ3n) is 6.82. The first-order valence-corrected chi connectivity index (χ1v) is 12.1. The fraction of sp³-hybridized carbons (Fsp3) is 0.379. The zero-order chi connectivity index (χ0) is 25.9. The average Bonchev–Trinajstić information content (AvgIpc) is 2.84. The van der Waals surface area contributed by atoms with Gasteiger partial charge in [0.2, 0.25) is 5.75 Å². The maximum Gasteiger partial charge on any atom is 0.573 e. The summed E-state index contributed by atoms with van der Waals surface area (Å²) in [7, 11) is 0. The number of benzene rings is 3. The molecular formula is C29H26F6O. The Morgan fingerprint density at radius 2 is 1.58 bits per heavy atom. The summed E-state index contributed by atoms with van der Waals surface area (Å²) in [5.41, 5.74) is 0.966. The largest absolute Gasteiger partial charge is 0.573 e. The molecule has 0 amide bonds. The van der Waals surface area contributed by atoms with Crippen LogP contribution in [0.25, 0.3) is 10.8 Å². The zero-order valence-corrected chi connectivity index (χ0v) is 19.8. The molecule has 3 aromatic rings. The molecule has 190 valence electrons. The number of rotatable bonds is 5. The molecule has 0 spiro atoms. The van der Waals surface area contributed by atoms with Crippen LogP contribution in [0.3, 0.4) is 0 Å². The molecule has 0 atom stereocenters. The number of halogens is 6. The summed E-state index contributed by atoms with van der Waals surface area (Å²) in [5, 5.41) is 1.13. The monoisotopic (exact) mass is 504 g/mol. The highest BCUT2D eigenvalue weighted by Crippen LogP contribution is 2.39. The predicted octanol–water partition coefficient (Wildman–Crippen LogP) is 9.02. The van der Waals surface area contributed by atoms with E-state index in [-0.39, 0.29) is 11.1 Å². The Kier molecular flexibility index (Phi) is 7.82. The van der Waals surface area contributed by atoms with Crippen molar-refractivity contribution in [3.63, 3.8) is 0 Å². The first-order chi connectivity index (χ1) is 17.1. The second-order valence-electron chi connectivity index (χ2n) is 9.33. The normalized spacial score (nSPS) is 18.1. The van der Waals surface area contributed by atoms with Gasteiger partial charge >= 0.3 is 6.36 Å². The molecule has 0 bridgehead atoms. The van der Waals surface area contributed by atoms with E-state index >= 15 is 4.39 Å². The number of unbranched alkanes of at least 4 members (excludes halogenated alkanes) is 1. The summed E-state index contributed by atoms with van der Waals surface area (Å²) in [6.45, 7) is 2.21. The third kappa shape index (κ3) is 6.16. The first-order valence-electron chi connectivity index (χ1n) is 12.1. The van der Waals surface area contributed by atoms with Crippen LogP contribution in [-0.4, -0.2) is 6.36 Å². The van der Waals surface area contributed by atoms with Gasteiger partial charge in [0.05, 0.1) is 5.56 Å². The number of ether oxygens (including phenoxy) is 1. The highest BCUT2D eigenvalue weighted by atomic mass is 19.4. The van der Waals surface area contributed by atoms with Gasteiger partial charge in [-0.15, -0.1) is 13.2 Å². The van der Waals surface area contributed by atoms with Gasteiger partial charge in [0, 0.05) is 10.9 Å². The summed E-state index contributed by atoms with van der Waals surface area (Å²) in [4.78, 5) is 0. The summed E-state index contributed by atoms with van der Waals surface area (Å²) in [5.74, 6) is 0.969. The van der Waals surface area contributed by atoms with Crippen LogP contribution in [0.2, 0.25) is 0 Å². The Morgan fingerprint density at radius 3 is 2.22 bits per heavy atom. The van der Waals surface area contributed by atoms with Crippen LogP contribution in [0.5, 0.6) is 5.75 Å². The molecular weight excluding hydrogens is 478 g/mol. The second kappa shape index (κ2) is 10.9. The van der Waals surface area contributed by atoms with Crippen molar-refractivity contribution in [2.75, 3.05) is 0 Å². The molecule has 0 saturated heterocycles. The molecule has 36 heavy (non-hydrogen) atoms. The fourth-order valence-electron chi connectivity index (χ4n) is 4.92. The number of hydrogen-bond donors (Lipinski definition) is 0. The lowest BCUT2D eigenvalue weighted by molar-refractivity contribution is -0.276. The van der Waals surface area contributed by atoms with Gasteiger partial charge < -0.3 is 4.74 Å². The standard InChI is InChI=1S/C29H26F6O/c1-2-3-4-18-5-8-20(9-6-18)22-13-14-24-23(17-22)12-11-21(27(24)32)10-7-19-15-25(30)28(26(31)16-19)36-29(33,34)35/h11-18,20H,2-6,8-9H2,1H3. The van der Waals surface area contributed by atoms with Crippen molar-refractivity contribution in [1.82, 2.24) is 0 Å². The Hall–Kier alpha value is -3.14. The Labute approximate surface area is 206 Å². The average molecular weight is 505 g/mol. The highest BCUT2D eigenvalue weighted by Gasteiger charge is 2.34. The highest BCUT2D eigenvalue weighted by molar-refractivity contribution is 5.85. The van der Waals surface area contributed by atoms with E-state index in [0.717, 1.165) is 24.1 Å². The van der Waals surface area contributed by atoms with E-state index in [1.54, 1.807) is 12.1 Å². The number of alkyl halides is 3. The molecule has 1 fully saturated rings. The molecule has 7 heteroatoms. The van der Waals surface area contributed by atoms with Gasteiger partial charge in [-0.2, -0.15) is 0 Å². The molecule has 1 aliphatic carbocycles. The van der Waals surface area contributed by atoms with Gasteiger partial charge in [-0.3, -0.25) is 0 Å². The predicted molar refractivity (Wildman–Crippen MR) is 127 cm³/mol. The molecule has 0 unspecified atom stereocenters. The van der Waals surface area contributed by atoms with E-state index in [1.807, 2.05) is 12.1 Å². The molecule has 4 rings (SSSR count). The Bertz CT molecular complexity index is 1270. The quantitative estimate of drug-likeness (QED) is 0.249. The van der Waals surface area contributed by atoms with Crippen LogP contribution in [-0.2, 0) is 0 Å². The maximum absolute atomic E-state index is 15.1. The van der Waals surface area contributed by atoms with E-state index in [1.165, 1.54) is 43.7 Å². The molecule has 1 nitrogen and oxygen atoms in total. The van der Waals surface area contributed by atoms with Gasteiger partial charge in [0.15, 0.2) is 11.6 Å². The second-order valence-corrected chi connectivity index (χ2v) is 9.33. The van der Waals surface area contributed by atoms with Crippen molar-refractivity contribution >= 4 is 10.8 Å². The molecule has 0 N–H and O–H groups in total. The zero-order valence-electron chi connectivity index (χ0n) is 19.8. The minimum Gasteiger partial charge on any atom is -0.399 e. The molecule has 0 aliphatic heterocycles. The van der Waals surface area contributed by atoms with Crippen LogP contribution in [0.1, 0.15) is 74.5 Å². The van der Waals surface area contributed by atoms with Crippen molar-refractivity contribution in [2.45, 2.75) is 64.1 Å². The lowest BCUT2D eigenvalue weighted by atomic mass is 9.77. The Balaban J connectivity index is 1.52. The molecule has 3 aromatic carbocycles. The van der Waals surface area contributed by atoms with Crippen molar-refractivity contribution in [2.24, 2.45) is 5.92 Å². The van der Waals surface area contributed by atoms with Crippen LogP contribution < -0.4 is 4.74 Å². The van der Waals surface area contributed by atoms with Crippen LogP contribution >= 0.6 is 0 Å². The smallest absolute Gasteiger partial charge is 0.399 e. The van der Waals surface area contributed by atoms with Gasteiger partial charge in [0.25, 0.3) is 0 Å². The molecule has 0 aromatic heterocycles. The minimum absolute atomic E-state index is 0.0168. The van der Waals surface area contributed by atoms with E-state index in [0.29, 0.717) is 23.4 Å². The molecule has 0 radical (unpaired) electrons. The Morgan fingerprint density at radius 1 is 0.889 bits per heavy atom. The fourth-order valence-corrected chi connectivity index (χ4v) is 4.92. The van der Waals surface area contributed by atoms with Crippen molar-refractivity contribution in [1.29, 1.82) is 0 Å². The van der Waals surface area contributed by atoms with E-state index in [9.17, 15) is 22.0 Å². The maximum atomic E-state index is 15.1. The topological polar surface area (TPSA) is 9.23 Å². The summed E-state index contributed by atoms with van der Waals surface area (Å²) < 4.78 is 83.2. The number of fused-ring (bicyclic) bond motifs is 1. The van der Waals surface area contributed by atoms with Crippen LogP contribution in [0.15, 0.2) is 42.5 Å².